The predicted octanol–water partition coefficient (Wildman–Crippen LogP) is 5.59. The highest BCUT2D eigenvalue weighted by Crippen LogP contribution is 2.43. The zero-order valence-corrected chi connectivity index (χ0v) is 46.0. The van der Waals surface area contributed by atoms with Crippen LogP contribution in [0.5, 0.6) is 0 Å². The van der Waals surface area contributed by atoms with Crippen molar-refractivity contribution in [3.05, 3.63) is 78.8 Å². The lowest BCUT2D eigenvalue weighted by molar-refractivity contribution is -0.296. The number of methoxy groups -OCH3 is 1. The maximum atomic E-state index is 15.0. The second-order valence-electron chi connectivity index (χ2n) is 21.4. The minimum Gasteiger partial charge on any atom is -0.458 e. The number of hydrogen-bond donors (Lipinski definition) is 1. The van der Waals surface area contributed by atoms with E-state index in [1.807, 2.05) is 54.9 Å². The van der Waals surface area contributed by atoms with Crippen LogP contribution in [0.3, 0.4) is 0 Å². The van der Waals surface area contributed by atoms with Crippen LogP contribution in [0.2, 0.25) is 0 Å². The average molecular weight is 1060 g/mol. The summed E-state index contributed by atoms with van der Waals surface area (Å²) in [5, 5.41) is 20.7. The number of nitrogens with zero attached hydrogens (tertiary/aromatic N) is 8. The molecular weight excluding hydrogens is 985 g/mol. The Balaban J connectivity index is 1.07. The summed E-state index contributed by atoms with van der Waals surface area (Å²) in [5.74, 6) is -5.32. The highest BCUT2D eigenvalue weighted by molar-refractivity contribution is 7.90. The van der Waals surface area contributed by atoms with E-state index < -0.39 is 99.2 Å². The molecule has 3 saturated heterocycles. The van der Waals surface area contributed by atoms with Crippen molar-refractivity contribution >= 4 is 33.5 Å². The van der Waals surface area contributed by atoms with Crippen LogP contribution in [0.4, 0.5) is 4.79 Å². The highest BCUT2D eigenvalue weighted by Gasteiger charge is 2.60. The van der Waals surface area contributed by atoms with E-state index in [9.17, 15) is 32.7 Å². The van der Waals surface area contributed by atoms with Crippen molar-refractivity contribution in [2.45, 2.75) is 166 Å². The van der Waals surface area contributed by atoms with Crippen LogP contribution in [-0.2, 0) is 67.4 Å². The van der Waals surface area contributed by atoms with Gasteiger partial charge < -0.3 is 43.2 Å². The minimum absolute atomic E-state index is 0.0729. The number of aliphatic hydroxyl groups excluding tert-OH is 1. The number of imidazole rings is 1. The molecule has 20 nitrogen and oxygen atoms in total. The molecule has 0 saturated carbocycles. The zero-order chi connectivity index (χ0) is 54.6. The number of pyridine rings is 1. The molecule has 1 N–H and O–H groups in total. The summed E-state index contributed by atoms with van der Waals surface area (Å²) in [5.41, 5.74) is 0.483. The van der Waals surface area contributed by atoms with E-state index in [1.165, 1.54) is 20.3 Å². The molecule has 13 atom stereocenters. The summed E-state index contributed by atoms with van der Waals surface area (Å²) < 4.78 is 59.3. The van der Waals surface area contributed by atoms with Gasteiger partial charge in [0.1, 0.15) is 23.9 Å². The number of esters is 1. The maximum absolute atomic E-state index is 15.0. The summed E-state index contributed by atoms with van der Waals surface area (Å²) in [6.07, 6.45) is 7.11. The van der Waals surface area contributed by atoms with E-state index in [0.29, 0.717) is 45.3 Å². The minimum atomic E-state index is -3.32. The number of aryl methyl sites for hydroxylation is 1. The fourth-order valence-electron chi connectivity index (χ4n) is 11.4. The van der Waals surface area contributed by atoms with Crippen LogP contribution in [0.15, 0.2) is 72.4 Å². The van der Waals surface area contributed by atoms with Gasteiger partial charge in [-0.25, -0.2) is 22.9 Å². The Morgan fingerprint density at radius 1 is 0.960 bits per heavy atom. The zero-order valence-electron chi connectivity index (χ0n) is 45.2. The van der Waals surface area contributed by atoms with Crippen LogP contribution in [0.25, 0.3) is 11.3 Å². The molecule has 0 radical (unpaired) electrons. The Morgan fingerprint density at radius 3 is 2.35 bits per heavy atom. The van der Waals surface area contributed by atoms with Gasteiger partial charge in [-0.15, -0.1) is 5.10 Å². The molecular formula is C54H76N8O12S. The second-order valence-corrected chi connectivity index (χ2v) is 23.4. The van der Waals surface area contributed by atoms with Crippen molar-refractivity contribution in [3.8, 4) is 11.3 Å². The number of ether oxygens (including phenoxy) is 5. The number of likely N-dealkylation sites (N-methyl/N-ethyl adjacent to an activating group) is 1. The number of aromatic nitrogens is 6. The first-order chi connectivity index (χ1) is 35.5. The van der Waals surface area contributed by atoms with Crippen LogP contribution >= 0.6 is 0 Å². The van der Waals surface area contributed by atoms with Gasteiger partial charge in [-0.3, -0.25) is 19.4 Å². The first kappa shape index (κ1) is 57.3. The molecule has 1 amide bonds. The van der Waals surface area contributed by atoms with E-state index in [0.717, 1.165) is 22.5 Å². The maximum Gasteiger partial charge on any atom is 0.410 e. The molecule has 0 aliphatic carbocycles. The number of unbranched alkanes of at least 4 members (excludes halogenated alkanes) is 1. The summed E-state index contributed by atoms with van der Waals surface area (Å²) in [6.45, 7) is 15.7. The monoisotopic (exact) mass is 1060 g/mol. The van der Waals surface area contributed by atoms with Gasteiger partial charge in [0.25, 0.3) is 0 Å². The number of amides is 1. The van der Waals surface area contributed by atoms with Crippen molar-refractivity contribution in [2.75, 3.05) is 33.5 Å². The van der Waals surface area contributed by atoms with Crippen LogP contribution in [0, 0.1) is 23.7 Å². The molecule has 6 heterocycles. The molecule has 1 aromatic carbocycles. The van der Waals surface area contributed by atoms with Gasteiger partial charge in [-0.2, -0.15) is 0 Å². The lowest BCUT2D eigenvalue weighted by Crippen LogP contribution is -2.60. The smallest absolute Gasteiger partial charge is 0.410 e. The largest absolute Gasteiger partial charge is 0.458 e. The molecule has 7 rings (SSSR count). The molecule has 0 unspecified atom stereocenters. The Kier molecular flexibility index (Phi) is 18.2. The standard InChI is InChI=1S/C54H76N8O12S/c1-12-44-54(8)48(62(52(67)74-54)24-14-13-23-60-31-42(56-32-60)39-16-15-22-55-28-39)35(4)45(63)33(2)27-53(7,70-10)49(36(5)46(64)37(6)50(66)72-44)73-51-47(65)43(26-34(3)71-51)59(9)25-21-40-30-61(58-57-40)29-38-17-19-41(20-18-38)75(11,68)69/h15-20,22,28,30-37,43-44,47-49,51,65H,12-14,21,23-27,29H2,1-11H3/t33-,34-,35+,36+,37-,43+,44-,47-,48-,49-,51+,53-,54-/m1/s1. The number of Topliss-reactive ketones (excluding diaryl/α,β-unsaturated/α-hetero) is 2. The Bertz CT molecular complexity index is 2720. The third-order valence-electron chi connectivity index (χ3n) is 15.7. The predicted molar refractivity (Wildman–Crippen MR) is 276 cm³/mol. The van der Waals surface area contributed by atoms with Gasteiger partial charge in [-0.1, -0.05) is 45.0 Å². The van der Waals surface area contributed by atoms with Crippen LogP contribution in [0.1, 0.15) is 98.8 Å². The first-order valence-electron chi connectivity index (χ1n) is 26.1. The number of carbonyl (C=O) groups is 4. The number of sulfone groups is 1. The number of ketones is 2. The number of benzene rings is 1. The molecule has 3 aromatic heterocycles. The summed E-state index contributed by atoms with van der Waals surface area (Å²) in [4.78, 5) is 70.4. The Hall–Kier alpha value is -5.45. The molecule has 3 aliphatic rings. The van der Waals surface area contributed by atoms with E-state index in [2.05, 4.69) is 20.3 Å². The number of hydrogen-bond acceptors (Lipinski definition) is 17. The topological polar surface area (TPSA) is 237 Å². The van der Waals surface area contributed by atoms with Crippen molar-refractivity contribution < 1.29 is 56.4 Å². The number of aliphatic hydroxyl groups is 1. The third kappa shape index (κ3) is 12.9. The number of carbonyl (C=O) groups excluding carboxylic acids is 4. The molecule has 21 heteroatoms. The molecule has 3 fully saturated rings. The number of rotatable bonds is 17. The van der Waals surface area contributed by atoms with Crippen LogP contribution in [-0.4, -0.2) is 164 Å². The fourth-order valence-corrected chi connectivity index (χ4v) is 12.0. The summed E-state index contributed by atoms with van der Waals surface area (Å²) in [6, 6.07) is 9.14. The summed E-state index contributed by atoms with van der Waals surface area (Å²) in [7, 11) is 0.0585. The van der Waals surface area contributed by atoms with Crippen molar-refractivity contribution in [3.63, 3.8) is 0 Å². The molecule has 410 valence electrons. The van der Waals surface area contributed by atoms with Crippen molar-refractivity contribution in [1.82, 2.24) is 39.3 Å². The van der Waals surface area contributed by atoms with Crippen LogP contribution < -0.4 is 0 Å². The van der Waals surface area contributed by atoms with Gasteiger partial charge in [0.2, 0.25) is 0 Å². The molecule has 4 aromatic rings. The van der Waals surface area contributed by atoms with E-state index >= 15 is 0 Å². The van der Waals surface area contributed by atoms with Gasteiger partial charge in [-0.05, 0) is 96.7 Å². The SMILES string of the molecule is CC[C@H]1OC(=O)[C@H](C)C(=O)[C@H](C)[C@@H](O[C@@H]2O[C@H](C)C[C@H](N(C)CCc3cn(Cc4ccc(S(C)(=O)=O)cc4)nn3)[C@H]2O)[C@](C)(OC)C[C@@H](C)C(=O)[C@H](C)[C@H]2N(CCCCn3cnc(-c4cccnc4)c3)C(=O)O[C@]12C. The van der Waals surface area contributed by atoms with Gasteiger partial charge in [0.05, 0.1) is 53.0 Å². The van der Waals surface area contributed by atoms with Gasteiger partial charge >= 0.3 is 12.1 Å². The van der Waals surface area contributed by atoms with E-state index in [-0.39, 0.29) is 36.2 Å². The fraction of sp³-hybridized carbons (Fsp3) is 0.630. The molecule has 75 heavy (non-hydrogen) atoms. The van der Waals surface area contributed by atoms with Crippen molar-refractivity contribution in [1.29, 1.82) is 0 Å². The Morgan fingerprint density at radius 2 is 1.68 bits per heavy atom. The van der Waals surface area contributed by atoms with Crippen molar-refractivity contribution in [2.24, 2.45) is 23.7 Å². The first-order valence-corrected chi connectivity index (χ1v) is 28.0. The normalized spacial score (nSPS) is 31.3. The molecule has 0 bridgehead atoms. The molecule has 0 spiro atoms. The summed E-state index contributed by atoms with van der Waals surface area (Å²) >= 11 is 0. The van der Waals surface area contributed by atoms with Gasteiger partial charge in [0.15, 0.2) is 27.5 Å². The third-order valence-corrected chi connectivity index (χ3v) is 16.9. The van der Waals surface area contributed by atoms with Gasteiger partial charge in [0, 0.05) is 93.6 Å². The quantitative estimate of drug-likeness (QED) is 0.0771. The highest BCUT2D eigenvalue weighted by atomic mass is 32.2. The van der Waals surface area contributed by atoms with E-state index in [4.69, 9.17) is 23.7 Å². The number of fused-ring (bicyclic) bond motifs is 1. The van der Waals surface area contributed by atoms with E-state index in [1.54, 1.807) is 87.2 Å². The molecule has 3 aliphatic heterocycles. The lowest BCUT2D eigenvalue weighted by atomic mass is 9.73. The Labute approximate surface area is 440 Å². The second kappa shape index (κ2) is 23.8. The number of cyclic esters (lactones) is 1. The lowest BCUT2D eigenvalue weighted by Gasteiger charge is -2.47. The average Bonchev–Trinajstić information content (AvgIpc) is 4.12.